The molecule has 2 aromatic carbocycles. The average Bonchev–Trinajstić information content (AvgIpc) is 2.78. The Morgan fingerprint density at radius 1 is 1.03 bits per heavy atom. The Hall–Kier alpha value is -2.49. The van der Waals surface area contributed by atoms with Gasteiger partial charge in [-0.15, -0.1) is 24.0 Å². The van der Waals surface area contributed by atoms with Crippen molar-refractivity contribution in [1.82, 2.24) is 10.2 Å². The standard InChI is InChI=1S/C23H32N4O3.HI/c1-6-27(7-2)22(28)18-11-9-17(10-12-18)16-25-23(24-4)26-19-13-14-20(30-8-3)21(15-19)29-5;/h9-15H,6-8,16H2,1-5H3,(H2,24,25,26);1H. The zero-order valence-corrected chi connectivity index (χ0v) is 21.2. The third-order valence-corrected chi connectivity index (χ3v) is 4.66. The van der Waals surface area contributed by atoms with Gasteiger partial charge in [0.2, 0.25) is 0 Å². The van der Waals surface area contributed by atoms with Gasteiger partial charge in [0, 0.05) is 44.0 Å². The lowest BCUT2D eigenvalue weighted by Gasteiger charge is -2.18. The second-order valence-electron chi connectivity index (χ2n) is 6.52. The Kier molecular flexibility index (Phi) is 11.8. The molecule has 0 aliphatic carbocycles. The predicted octanol–water partition coefficient (Wildman–Crippen LogP) is 4.38. The maximum atomic E-state index is 12.4. The topological polar surface area (TPSA) is 75.2 Å². The monoisotopic (exact) mass is 540 g/mol. The highest BCUT2D eigenvalue weighted by Crippen LogP contribution is 2.30. The van der Waals surface area contributed by atoms with E-state index in [4.69, 9.17) is 9.47 Å². The first-order valence-corrected chi connectivity index (χ1v) is 10.2. The molecule has 1 amide bonds. The van der Waals surface area contributed by atoms with Gasteiger partial charge in [-0.3, -0.25) is 9.79 Å². The van der Waals surface area contributed by atoms with E-state index in [2.05, 4.69) is 15.6 Å². The van der Waals surface area contributed by atoms with Gasteiger partial charge in [-0.05, 0) is 50.6 Å². The minimum absolute atomic E-state index is 0. The molecule has 0 aromatic heterocycles. The number of ether oxygens (including phenoxy) is 2. The zero-order chi connectivity index (χ0) is 21.9. The molecule has 0 aliphatic heterocycles. The van der Waals surface area contributed by atoms with Crippen molar-refractivity contribution in [3.63, 3.8) is 0 Å². The van der Waals surface area contributed by atoms with Crippen LogP contribution in [0.4, 0.5) is 5.69 Å². The van der Waals surface area contributed by atoms with Crippen molar-refractivity contribution in [2.24, 2.45) is 4.99 Å². The zero-order valence-electron chi connectivity index (χ0n) is 18.9. The summed E-state index contributed by atoms with van der Waals surface area (Å²) in [5.74, 6) is 2.05. The summed E-state index contributed by atoms with van der Waals surface area (Å²) in [6, 6.07) is 13.3. The number of hydrogen-bond acceptors (Lipinski definition) is 4. The van der Waals surface area contributed by atoms with Crippen LogP contribution in [0.2, 0.25) is 0 Å². The van der Waals surface area contributed by atoms with E-state index in [9.17, 15) is 4.79 Å². The van der Waals surface area contributed by atoms with Gasteiger partial charge in [0.15, 0.2) is 17.5 Å². The molecule has 0 fully saturated rings. The Labute approximate surface area is 202 Å². The van der Waals surface area contributed by atoms with Crippen LogP contribution in [0.25, 0.3) is 0 Å². The Morgan fingerprint density at radius 3 is 2.26 bits per heavy atom. The summed E-state index contributed by atoms with van der Waals surface area (Å²) in [6.07, 6.45) is 0. The number of anilines is 1. The van der Waals surface area contributed by atoms with Crippen LogP contribution in [0.1, 0.15) is 36.7 Å². The number of carbonyl (C=O) groups excluding carboxylic acids is 1. The first-order valence-electron chi connectivity index (χ1n) is 10.2. The fourth-order valence-electron chi connectivity index (χ4n) is 2.98. The van der Waals surface area contributed by atoms with Crippen molar-refractivity contribution in [1.29, 1.82) is 0 Å². The van der Waals surface area contributed by atoms with Gasteiger partial charge >= 0.3 is 0 Å². The number of nitrogens with one attached hydrogen (secondary N) is 2. The quantitative estimate of drug-likeness (QED) is 0.281. The molecule has 8 heteroatoms. The number of amides is 1. The molecule has 0 heterocycles. The van der Waals surface area contributed by atoms with Gasteiger partial charge in [0.1, 0.15) is 0 Å². The van der Waals surface area contributed by atoms with Gasteiger partial charge in [-0.1, -0.05) is 12.1 Å². The molecule has 2 aromatic rings. The average molecular weight is 540 g/mol. The molecule has 0 atom stereocenters. The van der Waals surface area contributed by atoms with Crippen LogP contribution in [-0.4, -0.2) is 50.6 Å². The van der Waals surface area contributed by atoms with E-state index >= 15 is 0 Å². The summed E-state index contributed by atoms with van der Waals surface area (Å²) in [6.45, 7) is 8.47. The maximum absolute atomic E-state index is 12.4. The second kappa shape index (κ2) is 13.7. The predicted molar refractivity (Wildman–Crippen MR) is 137 cm³/mol. The van der Waals surface area contributed by atoms with Crippen LogP contribution in [0.3, 0.4) is 0 Å². The highest BCUT2D eigenvalue weighted by atomic mass is 127. The molecule has 0 saturated carbocycles. The van der Waals surface area contributed by atoms with Crippen LogP contribution >= 0.6 is 24.0 Å². The number of aliphatic imine (C=N–C) groups is 1. The molecule has 0 unspecified atom stereocenters. The molecule has 0 spiro atoms. The molecule has 0 saturated heterocycles. The van der Waals surface area contributed by atoms with Gasteiger partial charge in [-0.25, -0.2) is 0 Å². The first-order chi connectivity index (χ1) is 14.6. The summed E-state index contributed by atoms with van der Waals surface area (Å²) in [7, 11) is 3.33. The summed E-state index contributed by atoms with van der Waals surface area (Å²) < 4.78 is 10.9. The van der Waals surface area contributed by atoms with Gasteiger partial charge in [-0.2, -0.15) is 0 Å². The third-order valence-electron chi connectivity index (χ3n) is 4.66. The second-order valence-corrected chi connectivity index (χ2v) is 6.52. The molecule has 2 rings (SSSR count). The highest BCUT2D eigenvalue weighted by Gasteiger charge is 2.12. The van der Waals surface area contributed by atoms with Crippen molar-refractivity contribution in [2.75, 3.05) is 39.2 Å². The summed E-state index contributed by atoms with van der Waals surface area (Å²) in [5, 5.41) is 6.52. The van der Waals surface area contributed by atoms with Gasteiger partial charge < -0.3 is 25.0 Å². The van der Waals surface area contributed by atoms with Crippen LogP contribution in [0.15, 0.2) is 47.5 Å². The van der Waals surface area contributed by atoms with Gasteiger partial charge in [0.25, 0.3) is 5.91 Å². The minimum atomic E-state index is 0. The normalized spacial score (nSPS) is 10.7. The molecule has 0 bridgehead atoms. The van der Waals surface area contributed by atoms with E-state index in [0.717, 1.165) is 11.3 Å². The summed E-state index contributed by atoms with van der Waals surface area (Å²) >= 11 is 0. The van der Waals surface area contributed by atoms with E-state index in [0.29, 0.717) is 49.3 Å². The lowest BCUT2D eigenvalue weighted by molar-refractivity contribution is 0.0773. The fourth-order valence-corrected chi connectivity index (χ4v) is 2.98. The number of rotatable bonds is 9. The van der Waals surface area contributed by atoms with Crippen molar-refractivity contribution in [3.05, 3.63) is 53.6 Å². The molecule has 170 valence electrons. The fraction of sp³-hybridized carbons (Fsp3) is 0.391. The molecular formula is C23H33IN4O3. The van der Waals surface area contributed by atoms with E-state index in [1.54, 1.807) is 14.2 Å². The van der Waals surface area contributed by atoms with Gasteiger partial charge in [0.05, 0.1) is 13.7 Å². The first kappa shape index (κ1) is 26.5. The van der Waals surface area contributed by atoms with E-state index in [-0.39, 0.29) is 29.9 Å². The molecule has 7 nitrogen and oxygen atoms in total. The van der Waals surface area contributed by atoms with Crippen molar-refractivity contribution >= 4 is 41.5 Å². The Balaban J connectivity index is 0.00000480. The lowest BCUT2D eigenvalue weighted by atomic mass is 10.1. The number of carbonyl (C=O) groups is 1. The number of nitrogens with zero attached hydrogens (tertiary/aromatic N) is 2. The number of methoxy groups -OCH3 is 1. The van der Waals surface area contributed by atoms with E-state index in [1.165, 1.54) is 0 Å². The number of halogens is 1. The van der Waals surface area contributed by atoms with Crippen molar-refractivity contribution < 1.29 is 14.3 Å². The number of hydrogen-bond donors (Lipinski definition) is 2. The highest BCUT2D eigenvalue weighted by molar-refractivity contribution is 14.0. The van der Waals surface area contributed by atoms with Crippen LogP contribution in [0.5, 0.6) is 11.5 Å². The number of guanidine groups is 1. The smallest absolute Gasteiger partial charge is 0.253 e. The summed E-state index contributed by atoms with van der Waals surface area (Å²) in [4.78, 5) is 18.5. The molecule has 31 heavy (non-hydrogen) atoms. The molecular weight excluding hydrogens is 507 g/mol. The third kappa shape index (κ3) is 7.61. The lowest BCUT2D eigenvalue weighted by Crippen LogP contribution is -2.31. The number of benzene rings is 2. The molecule has 2 N–H and O–H groups in total. The molecule has 0 aliphatic rings. The largest absolute Gasteiger partial charge is 0.493 e. The maximum Gasteiger partial charge on any atom is 0.253 e. The van der Waals surface area contributed by atoms with Crippen molar-refractivity contribution in [3.8, 4) is 11.5 Å². The Morgan fingerprint density at radius 2 is 1.71 bits per heavy atom. The molecule has 0 radical (unpaired) electrons. The van der Waals surface area contributed by atoms with E-state index < -0.39 is 0 Å². The Bertz CT molecular complexity index is 852. The van der Waals surface area contributed by atoms with Crippen molar-refractivity contribution in [2.45, 2.75) is 27.3 Å². The van der Waals surface area contributed by atoms with Crippen LogP contribution in [-0.2, 0) is 6.54 Å². The van der Waals surface area contributed by atoms with Crippen LogP contribution in [0, 0.1) is 0 Å². The summed E-state index contributed by atoms with van der Waals surface area (Å²) in [5.41, 5.74) is 2.59. The van der Waals surface area contributed by atoms with E-state index in [1.807, 2.05) is 68.1 Å². The SMILES string of the molecule is CCOc1ccc(NC(=NC)NCc2ccc(C(=O)N(CC)CC)cc2)cc1OC.I. The minimum Gasteiger partial charge on any atom is -0.493 e. The van der Waals surface area contributed by atoms with Crippen LogP contribution < -0.4 is 20.1 Å².